The minimum absolute atomic E-state index is 0.0344. The smallest absolute Gasteiger partial charge is 0.0865 e. The zero-order valence-electron chi connectivity index (χ0n) is 5.03. The van der Waals surface area contributed by atoms with Crippen molar-refractivity contribution in [3.05, 3.63) is 0 Å². The Kier molecular flexibility index (Phi) is 1.06. The highest BCUT2D eigenvalue weighted by molar-refractivity contribution is 4.94. The van der Waals surface area contributed by atoms with E-state index in [1.165, 1.54) is 0 Å². The summed E-state index contributed by atoms with van der Waals surface area (Å²) in [6.45, 7) is 0. The van der Waals surface area contributed by atoms with Crippen LogP contribution in [-0.4, -0.2) is 34.6 Å². The zero-order chi connectivity index (χ0) is 6.43. The Morgan fingerprint density at radius 3 is 1.56 bits per heavy atom. The predicted molar refractivity (Wildman–Crippen MR) is 29.9 cm³/mol. The summed E-state index contributed by atoms with van der Waals surface area (Å²) in [6.07, 6.45) is 1.07. The molecule has 9 heavy (non-hydrogen) atoms. The second-order valence-corrected chi connectivity index (χ2v) is 2.82. The quantitative estimate of drug-likeness (QED) is 0.518. The lowest BCUT2D eigenvalue weighted by atomic mass is 10.7. The Bertz CT molecular complexity index is 111. The molecule has 0 spiro atoms. The molecule has 0 amide bonds. The summed E-state index contributed by atoms with van der Waals surface area (Å²) >= 11 is 0. The molecule has 0 bridgehead atoms. The summed E-state index contributed by atoms with van der Waals surface area (Å²) in [4.78, 5) is 0. The van der Waals surface area contributed by atoms with Crippen molar-refractivity contribution < 1.29 is 14.9 Å². The van der Waals surface area contributed by atoms with Gasteiger partial charge in [-0.1, -0.05) is 0 Å². The van der Waals surface area contributed by atoms with E-state index in [0.29, 0.717) is 0 Å². The standard InChI is InChI=1S/C6H10O3/c7-3-1-5(3)9-6-2-4(6)8/h3-8H,1-2H2/t3-,4+,5?,6?. The first-order chi connectivity index (χ1) is 4.27. The van der Waals surface area contributed by atoms with Crippen LogP contribution in [0.3, 0.4) is 0 Å². The van der Waals surface area contributed by atoms with E-state index in [0.717, 1.165) is 12.8 Å². The van der Waals surface area contributed by atoms with Crippen LogP contribution in [0.25, 0.3) is 0 Å². The second-order valence-electron chi connectivity index (χ2n) is 2.82. The van der Waals surface area contributed by atoms with E-state index in [9.17, 15) is 0 Å². The molecule has 2 unspecified atom stereocenters. The maximum atomic E-state index is 8.78. The van der Waals surface area contributed by atoms with Gasteiger partial charge in [-0.15, -0.1) is 0 Å². The Hall–Kier alpha value is -0.120. The highest BCUT2D eigenvalue weighted by Gasteiger charge is 2.45. The third kappa shape index (κ3) is 1.08. The van der Waals surface area contributed by atoms with Crippen LogP contribution in [0.1, 0.15) is 12.8 Å². The molecule has 0 saturated heterocycles. The molecule has 0 radical (unpaired) electrons. The number of hydrogen-bond acceptors (Lipinski definition) is 3. The lowest BCUT2D eigenvalue weighted by Crippen LogP contribution is -2.04. The van der Waals surface area contributed by atoms with E-state index in [1.807, 2.05) is 0 Å². The van der Waals surface area contributed by atoms with Gasteiger partial charge in [-0.05, 0) is 0 Å². The van der Waals surface area contributed by atoms with Crippen molar-refractivity contribution in [1.82, 2.24) is 0 Å². The molecule has 2 aliphatic carbocycles. The molecule has 52 valence electrons. The third-order valence-corrected chi connectivity index (χ3v) is 1.75. The molecule has 0 aliphatic heterocycles. The Labute approximate surface area is 53.3 Å². The van der Waals surface area contributed by atoms with Crippen molar-refractivity contribution in [2.45, 2.75) is 37.3 Å². The van der Waals surface area contributed by atoms with Crippen LogP contribution in [0.5, 0.6) is 0 Å². The maximum Gasteiger partial charge on any atom is 0.0865 e. The SMILES string of the molecule is O[C@@H]1CC1OC1C[C@@H]1O. The van der Waals surface area contributed by atoms with Crippen LogP contribution in [0, 0.1) is 0 Å². The molecular weight excluding hydrogens is 120 g/mol. The second kappa shape index (κ2) is 1.68. The van der Waals surface area contributed by atoms with Crippen LogP contribution in [0.2, 0.25) is 0 Å². The summed E-state index contributed by atoms with van der Waals surface area (Å²) in [5.41, 5.74) is 0. The van der Waals surface area contributed by atoms with Crippen molar-refractivity contribution >= 4 is 0 Å². The maximum absolute atomic E-state index is 8.78. The molecule has 2 rings (SSSR count). The normalized spacial score (nSPS) is 55.3. The van der Waals surface area contributed by atoms with Crippen LogP contribution in [-0.2, 0) is 4.74 Å². The summed E-state index contributed by atoms with van der Waals surface area (Å²) in [7, 11) is 0. The average molecular weight is 130 g/mol. The van der Waals surface area contributed by atoms with Crippen LogP contribution in [0.15, 0.2) is 0 Å². The highest BCUT2D eigenvalue weighted by Crippen LogP contribution is 2.34. The van der Waals surface area contributed by atoms with E-state index in [2.05, 4.69) is 0 Å². The van der Waals surface area contributed by atoms with E-state index in [1.54, 1.807) is 0 Å². The van der Waals surface area contributed by atoms with Crippen molar-refractivity contribution in [2.75, 3.05) is 0 Å². The third-order valence-electron chi connectivity index (χ3n) is 1.75. The first-order valence-corrected chi connectivity index (χ1v) is 3.29. The number of ether oxygens (including phenoxy) is 1. The predicted octanol–water partition coefficient (Wildman–Crippen LogP) is -0.731. The van der Waals surface area contributed by atoms with E-state index in [-0.39, 0.29) is 24.4 Å². The van der Waals surface area contributed by atoms with Crippen LogP contribution < -0.4 is 0 Å². The molecule has 0 aromatic rings. The van der Waals surface area contributed by atoms with E-state index >= 15 is 0 Å². The number of aliphatic hydroxyl groups is 2. The average Bonchev–Trinajstić information content (AvgIpc) is 2.59. The van der Waals surface area contributed by atoms with Gasteiger partial charge in [0.15, 0.2) is 0 Å². The van der Waals surface area contributed by atoms with Gasteiger partial charge < -0.3 is 14.9 Å². The van der Waals surface area contributed by atoms with Gasteiger partial charge in [-0.25, -0.2) is 0 Å². The molecule has 2 fully saturated rings. The molecule has 0 aromatic carbocycles. The molecule has 0 aromatic heterocycles. The molecular formula is C6H10O3. The van der Waals surface area contributed by atoms with Crippen molar-refractivity contribution in [2.24, 2.45) is 0 Å². The van der Waals surface area contributed by atoms with Crippen LogP contribution in [0.4, 0.5) is 0 Å². The van der Waals surface area contributed by atoms with Crippen molar-refractivity contribution in [1.29, 1.82) is 0 Å². The van der Waals surface area contributed by atoms with Crippen LogP contribution >= 0.6 is 0 Å². The zero-order valence-corrected chi connectivity index (χ0v) is 5.03. The Balaban J connectivity index is 1.69. The Morgan fingerprint density at radius 2 is 1.33 bits per heavy atom. The van der Waals surface area contributed by atoms with Gasteiger partial charge in [-0.2, -0.15) is 0 Å². The largest absolute Gasteiger partial charge is 0.390 e. The monoisotopic (exact) mass is 130 g/mol. The summed E-state index contributed by atoms with van der Waals surface area (Å²) in [6, 6.07) is 0. The molecule has 4 atom stereocenters. The molecule has 3 nitrogen and oxygen atoms in total. The Morgan fingerprint density at radius 1 is 1.00 bits per heavy atom. The van der Waals surface area contributed by atoms with Crippen molar-refractivity contribution in [3.8, 4) is 0 Å². The fourth-order valence-electron chi connectivity index (χ4n) is 0.836. The lowest BCUT2D eigenvalue weighted by Gasteiger charge is -1.95. The van der Waals surface area contributed by atoms with Gasteiger partial charge in [0.25, 0.3) is 0 Å². The minimum Gasteiger partial charge on any atom is -0.390 e. The molecule has 2 saturated carbocycles. The molecule has 0 heterocycles. The summed E-state index contributed by atoms with van der Waals surface area (Å²) in [5.74, 6) is 0. The van der Waals surface area contributed by atoms with Gasteiger partial charge >= 0.3 is 0 Å². The van der Waals surface area contributed by atoms with Gasteiger partial charge in [0.05, 0.1) is 24.4 Å². The van der Waals surface area contributed by atoms with E-state index in [4.69, 9.17) is 14.9 Å². The first-order valence-electron chi connectivity index (χ1n) is 3.29. The van der Waals surface area contributed by atoms with Crippen molar-refractivity contribution in [3.63, 3.8) is 0 Å². The number of rotatable bonds is 2. The minimum atomic E-state index is -0.252. The van der Waals surface area contributed by atoms with Gasteiger partial charge in [0, 0.05) is 12.8 Å². The lowest BCUT2D eigenvalue weighted by molar-refractivity contribution is 0.0463. The van der Waals surface area contributed by atoms with E-state index < -0.39 is 0 Å². The van der Waals surface area contributed by atoms with Gasteiger partial charge in [0.1, 0.15) is 0 Å². The summed E-state index contributed by atoms with van der Waals surface area (Å²) < 4.78 is 5.20. The summed E-state index contributed by atoms with van der Waals surface area (Å²) in [5, 5.41) is 17.6. The fraction of sp³-hybridized carbons (Fsp3) is 1.00. The van der Waals surface area contributed by atoms with Gasteiger partial charge in [-0.3, -0.25) is 0 Å². The highest BCUT2D eigenvalue weighted by atomic mass is 16.5. The molecule has 2 aliphatic rings. The fourth-order valence-corrected chi connectivity index (χ4v) is 0.836. The topological polar surface area (TPSA) is 49.7 Å². The first kappa shape index (κ1) is 5.65. The molecule has 3 heteroatoms. The van der Waals surface area contributed by atoms with Gasteiger partial charge in [0.2, 0.25) is 0 Å². The molecule has 2 N–H and O–H groups in total. The number of hydrogen-bond donors (Lipinski definition) is 2. The number of aliphatic hydroxyl groups excluding tert-OH is 2.